The molecule has 0 saturated carbocycles. The van der Waals surface area contributed by atoms with E-state index in [2.05, 4.69) is 0 Å². The van der Waals surface area contributed by atoms with Crippen LogP contribution in [0.25, 0.3) is 0 Å². The summed E-state index contributed by atoms with van der Waals surface area (Å²) in [6, 6.07) is 0.696. The van der Waals surface area contributed by atoms with Gasteiger partial charge in [-0.25, -0.2) is 13.2 Å². The van der Waals surface area contributed by atoms with Crippen LogP contribution in [0.4, 0.5) is 13.2 Å². The zero-order valence-electron chi connectivity index (χ0n) is 8.84. The van der Waals surface area contributed by atoms with Gasteiger partial charge in [0.15, 0.2) is 17.4 Å². The molecule has 1 N–H and O–H groups in total. The summed E-state index contributed by atoms with van der Waals surface area (Å²) in [6.45, 7) is 1.27. The molecule has 0 heterocycles. The van der Waals surface area contributed by atoms with Gasteiger partial charge in [-0.05, 0) is 6.07 Å². The van der Waals surface area contributed by atoms with Crippen molar-refractivity contribution in [3.63, 3.8) is 0 Å². The van der Waals surface area contributed by atoms with Crippen LogP contribution in [0.15, 0.2) is 12.1 Å². The second kappa shape index (κ2) is 4.99. The zero-order chi connectivity index (χ0) is 13.2. The van der Waals surface area contributed by atoms with Crippen molar-refractivity contribution in [2.45, 2.75) is 13.3 Å². The minimum Gasteiger partial charge on any atom is -0.481 e. The molecule has 92 valence electrons. The van der Waals surface area contributed by atoms with E-state index in [0.717, 1.165) is 0 Å². The summed E-state index contributed by atoms with van der Waals surface area (Å²) in [5.74, 6) is -7.06. The molecule has 0 aliphatic heterocycles. The second-order valence-corrected chi connectivity index (χ2v) is 3.61. The Morgan fingerprint density at radius 1 is 1.18 bits per heavy atom. The fourth-order valence-electron chi connectivity index (χ4n) is 1.33. The van der Waals surface area contributed by atoms with Crippen LogP contribution in [0.2, 0.25) is 0 Å². The number of rotatable bonds is 4. The predicted octanol–water partition coefficient (Wildman–Crippen LogP) is 2.40. The molecular formula is C11H9F3O3. The van der Waals surface area contributed by atoms with Crippen LogP contribution in [0.5, 0.6) is 0 Å². The van der Waals surface area contributed by atoms with Crippen molar-refractivity contribution in [3.8, 4) is 0 Å². The predicted molar refractivity (Wildman–Crippen MR) is 52.1 cm³/mol. The van der Waals surface area contributed by atoms with Crippen LogP contribution in [0.1, 0.15) is 23.7 Å². The Kier molecular flexibility index (Phi) is 3.88. The van der Waals surface area contributed by atoms with E-state index in [1.807, 2.05) is 0 Å². The van der Waals surface area contributed by atoms with Crippen LogP contribution < -0.4 is 0 Å². The Bertz CT molecular complexity index is 471. The molecule has 3 nitrogen and oxygen atoms in total. The van der Waals surface area contributed by atoms with Crippen molar-refractivity contribution in [2.24, 2.45) is 5.92 Å². The molecule has 0 bridgehead atoms. The van der Waals surface area contributed by atoms with Gasteiger partial charge in [0.05, 0.1) is 12.0 Å². The van der Waals surface area contributed by atoms with Gasteiger partial charge in [0.1, 0.15) is 5.82 Å². The zero-order valence-corrected chi connectivity index (χ0v) is 8.84. The highest BCUT2D eigenvalue weighted by atomic mass is 19.2. The molecule has 1 atom stereocenters. The number of halogens is 3. The fraction of sp³-hybridized carbons (Fsp3) is 0.273. The van der Waals surface area contributed by atoms with Crippen molar-refractivity contribution < 1.29 is 27.9 Å². The van der Waals surface area contributed by atoms with Crippen molar-refractivity contribution in [1.29, 1.82) is 0 Å². The lowest BCUT2D eigenvalue weighted by Gasteiger charge is -2.08. The first-order valence-electron chi connectivity index (χ1n) is 4.73. The van der Waals surface area contributed by atoms with Gasteiger partial charge in [0.2, 0.25) is 0 Å². The second-order valence-electron chi connectivity index (χ2n) is 3.61. The van der Waals surface area contributed by atoms with Crippen LogP contribution in [0, 0.1) is 23.4 Å². The molecule has 0 radical (unpaired) electrons. The number of hydrogen-bond donors (Lipinski definition) is 1. The van der Waals surface area contributed by atoms with Crippen LogP contribution in [0.3, 0.4) is 0 Å². The first-order chi connectivity index (χ1) is 7.82. The van der Waals surface area contributed by atoms with E-state index in [0.29, 0.717) is 6.07 Å². The first-order valence-corrected chi connectivity index (χ1v) is 4.73. The van der Waals surface area contributed by atoms with E-state index in [1.54, 1.807) is 0 Å². The lowest BCUT2D eigenvalue weighted by molar-refractivity contribution is -0.137. The topological polar surface area (TPSA) is 54.4 Å². The van der Waals surface area contributed by atoms with Gasteiger partial charge in [-0.3, -0.25) is 9.59 Å². The maximum atomic E-state index is 13.2. The van der Waals surface area contributed by atoms with Crippen molar-refractivity contribution in [1.82, 2.24) is 0 Å². The minimum absolute atomic E-state index is 0.260. The fourth-order valence-corrected chi connectivity index (χ4v) is 1.33. The van der Waals surface area contributed by atoms with Crippen molar-refractivity contribution in [2.75, 3.05) is 0 Å². The van der Waals surface area contributed by atoms with Gasteiger partial charge in [-0.15, -0.1) is 0 Å². The molecule has 6 heteroatoms. The van der Waals surface area contributed by atoms with Crippen LogP contribution in [-0.4, -0.2) is 16.9 Å². The molecular weight excluding hydrogens is 237 g/mol. The third-order valence-electron chi connectivity index (χ3n) is 2.20. The normalized spacial score (nSPS) is 12.2. The summed E-state index contributed by atoms with van der Waals surface area (Å²) >= 11 is 0. The van der Waals surface area contributed by atoms with E-state index >= 15 is 0 Å². The number of benzene rings is 1. The molecule has 0 amide bonds. The highest BCUT2D eigenvalue weighted by Gasteiger charge is 2.23. The molecule has 0 fully saturated rings. The third kappa shape index (κ3) is 3.05. The maximum absolute atomic E-state index is 13.2. The van der Waals surface area contributed by atoms with Crippen LogP contribution >= 0.6 is 0 Å². The van der Waals surface area contributed by atoms with E-state index in [-0.39, 0.29) is 6.07 Å². The molecule has 0 saturated heterocycles. The number of carbonyl (C=O) groups is 2. The maximum Gasteiger partial charge on any atom is 0.304 e. The standard InChI is InChI=1S/C11H9F3O3/c1-5(2-10(15)16)11(17)6-3-8(13)9(14)4-7(6)12/h3-5H,2H2,1H3,(H,15,16). The van der Waals surface area contributed by atoms with E-state index < -0.39 is 47.1 Å². The van der Waals surface area contributed by atoms with Gasteiger partial charge in [0.25, 0.3) is 0 Å². The lowest BCUT2D eigenvalue weighted by Crippen LogP contribution is -2.17. The lowest BCUT2D eigenvalue weighted by atomic mass is 9.96. The smallest absolute Gasteiger partial charge is 0.304 e. The van der Waals surface area contributed by atoms with Gasteiger partial charge in [0, 0.05) is 12.0 Å². The Morgan fingerprint density at radius 3 is 2.24 bits per heavy atom. The Morgan fingerprint density at radius 2 is 1.71 bits per heavy atom. The molecule has 0 aromatic heterocycles. The summed E-state index contributed by atoms with van der Waals surface area (Å²) in [4.78, 5) is 21.9. The minimum atomic E-state index is -1.40. The van der Waals surface area contributed by atoms with Gasteiger partial charge in [-0.2, -0.15) is 0 Å². The molecule has 1 aromatic carbocycles. The average Bonchev–Trinajstić information content (AvgIpc) is 2.21. The van der Waals surface area contributed by atoms with Crippen molar-refractivity contribution in [3.05, 3.63) is 35.1 Å². The molecule has 1 aromatic rings. The highest BCUT2D eigenvalue weighted by molar-refractivity contribution is 5.99. The number of hydrogen-bond acceptors (Lipinski definition) is 2. The molecule has 0 spiro atoms. The van der Waals surface area contributed by atoms with E-state index in [1.165, 1.54) is 6.92 Å². The van der Waals surface area contributed by atoms with E-state index in [4.69, 9.17) is 5.11 Å². The van der Waals surface area contributed by atoms with Gasteiger partial charge >= 0.3 is 5.97 Å². The summed E-state index contributed by atoms with van der Waals surface area (Å²) in [5, 5.41) is 8.47. The molecule has 1 rings (SSSR count). The van der Waals surface area contributed by atoms with Crippen molar-refractivity contribution >= 4 is 11.8 Å². The number of Topliss-reactive ketones (excluding diaryl/α,β-unsaturated/α-hetero) is 1. The summed E-state index contributed by atoms with van der Waals surface area (Å²) in [6.07, 6.45) is -0.503. The largest absolute Gasteiger partial charge is 0.481 e. The molecule has 0 aliphatic rings. The molecule has 0 aliphatic carbocycles. The van der Waals surface area contributed by atoms with Crippen LogP contribution in [-0.2, 0) is 4.79 Å². The quantitative estimate of drug-likeness (QED) is 0.655. The first kappa shape index (κ1) is 13.2. The number of carboxylic acid groups (broad SMARTS) is 1. The monoisotopic (exact) mass is 246 g/mol. The molecule has 1 unspecified atom stereocenters. The highest BCUT2D eigenvalue weighted by Crippen LogP contribution is 2.18. The summed E-state index contributed by atoms with van der Waals surface area (Å²) < 4.78 is 38.7. The number of carbonyl (C=O) groups excluding carboxylic acids is 1. The summed E-state index contributed by atoms with van der Waals surface area (Å²) in [7, 11) is 0. The average molecular weight is 246 g/mol. The van der Waals surface area contributed by atoms with Gasteiger partial charge in [-0.1, -0.05) is 6.92 Å². The number of aliphatic carboxylic acids is 1. The van der Waals surface area contributed by atoms with E-state index in [9.17, 15) is 22.8 Å². The summed E-state index contributed by atoms with van der Waals surface area (Å²) in [5.41, 5.74) is -0.641. The number of ketones is 1. The number of carboxylic acids is 1. The Hall–Kier alpha value is -1.85. The molecule has 17 heavy (non-hydrogen) atoms. The SMILES string of the molecule is CC(CC(=O)O)C(=O)c1cc(F)c(F)cc1F. The third-order valence-corrected chi connectivity index (χ3v) is 2.20. The Balaban J connectivity index is 3.04. The van der Waals surface area contributed by atoms with Gasteiger partial charge < -0.3 is 5.11 Å². The Labute approximate surface area is 94.9 Å².